The van der Waals surface area contributed by atoms with E-state index in [9.17, 15) is 0 Å². The van der Waals surface area contributed by atoms with Gasteiger partial charge in [0.15, 0.2) is 0 Å². The van der Waals surface area contributed by atoms with Crippen molar-refractivity contribution in [3.63, 3.8) is 0 Å². The maximum Gasteiger partial charge on any atom is 0.0770 e. The van der Waals surface area contributed by atoms with E-state index >= 15 is 0 Å². The van der Waals surface area contributed by atoms with Gasteiger partial charge in [0.25, 0.3) is 0 Å². The van der Waals surface area contributed by atoms with E-state index in [2.05, 4.69) is 26.3 Å². The third-order valence-electron chi connectivity index (χ3n) is 5.85. The molecule has 148 valence electrons. The molecule has 1 aliphatic carbocycles. The number of nitrogens with one attached hydrogen (secondary N) is 2. The van der Waals surface area contributed by atoms with Gasteiger partial charge >= 0.3 is 0 Å². The molecule has 3 aliphatic rings. The number of halogens is 1. The summed E-state index contributed by atoms with van der Waals surface area (Å²) in [6.07, 6.45) is 7.64. The van der Waals surface area contributed by atoms with Crippen LogP contribution in [0.4, 0.5) is 17.1 Å². The number of fused-ring (bicyclic) bond motifs is 1. The molecule has 2 N–H and O–H groups in total. The number of piperazine rings is 1. The zero-order valence-electron chi connectivity index (χ0n) is 15.8. The predicted octanol–water partition coefficient (Wildman–Crippen LogP) is 3.13. The monoisotopic (exact) mass is 400 g/mol. The smallest absolute Gasteiger partial charge is 0.0770 e. The van der Waals surface area contributed by atoms with Crippen molar-refractivity contribution >= 4 is 34.9 Å². The number of nitrogens with zero attached hydrogens (tertiary/aromatic N) is 4. The molecule has 5 rings (SSSR count). The number of anilines is 3. The van der Waals surface area contributed by atoms with Gasteiger partial charge in [-0.1, -0.05) is 11.6 Å². The molecule has 1 atom stereocenters. The average molecular weight is 401 g/mol. The van der Waals surface area contributed by atoms with Gasteiger partial charge in [-0.25, -0.2) is 0 Å². The van der Waals surface area contributed by atoms with Crippen LogP contribution in [-0.2, 0) is 4.74 Å². The molecule has 1 aromatic carbocycles. The molecule has 0 amide bonds. The van der Waals surface area contributed by atoms with Gasteiger partial charge in [0.1, 0.15) is 0 Å². The fourth-order valence-electron chi connectivity index (χ4n) is 4.11. The first-order valence-corrected chi connectivity index (χ1v) is 10.3. The van der Waals surface area contributed by atoms with E-state index in [0.717, 1.165) is 62.0 Å². The Balaban J connectivity index is 1.40. The fraction of sp³-hybridized carbons (Fsp3) is 0.500. The molecular weight excluding hydrogens is 376 g/mol. The first kappa shape index (κ1) is 18.0. The second-order valence-corrected chi connectivity index (χ2v) is 8.22. The lowest BCUT2D eigenvalue weighted by Gasteiger charge is -2.44. The van der Waals surface area contributed by atoms with Crippen molar-refractivity contribution in [2.24, 2.45) is 0 Å². The van der Waals surface area contributed by atoms with E-state index in [0.29, 0.717) is 17.1 Å². The average Bonchev–Trinajstić information content (AvgIpc) is 3.47. The van der Waals surface area contributed by atoms with Crippen molar-refractivity contribution in [2.45, 2.75) is 24.9 Å². The van der Waals surface area contributed by atoms with Crippen LogP contribution in [-0.4, -0.2) is 66.3 Å². The van der Waals surface area contributed by atoms with Crippen LogP contribution in [0.25, 0.3) is 0 Å². The number of rotatable bonds is 5. The Hall–Kier alpha value is -2.09. The molecule has 3 heterocycles. The molecule has 7 nitrogen and oxygen atoms in total. The maximum absolute atomic E-state index is 7.78. The third-order valence-corrected chi connectivity index (χ3v) is 6.16. The maximum atomic E-state index is 7.78. The van der Waals surface area contributed by atoms with Gasteiger partial charge in [-0.2, -0.15) is 5.10 Å². The van der Waals surface area contributed by atoms with Crippen LogP contribution in [0.2, 0.25) is 5.02 Å². The Morgan fingerprint density at radius 2 is 2.11 bits per heavy atom. The van der Waals surface area contributed by atoms with Gasteiger partial charge in [0, 0.05) is 49.8 Å². The van der Waals surface area contributed by atoms with E-state index < -0.39 is 0 Å². The quantitative estimate of drug-likeness (QED) is 0.754. The van der Waals surface area contributed by atoms with E-state index in [-0.39, 0.29) is 0 Å². The van der Waals surface area contributed by atoms with Crippen LogP contribution in [0, 0.1) is 5.41 Å². The number of hydrogen-bond donors (Lipinski definition) is 2. The molecule has 0 bridgehead atoms. The van der Waals surface area contributed by atoms with Gasteiger partial charge in [-0.3, -0.25) is 9.58 Å². The molecule has 28 heavy (non-hydrogen) atoms. The lowest BCUT2D eigenvalue weighted by molar-refractivity contribution is -0.0116. The lowest BCUT2D eigenvalue weighted by atomic mass is 10.1. The summed E-state index contributed by atoms with van der Waals surface area (Å²) in [5, 5.41) is 16.3. The van der Waals surface area contributed by atoms with Gasteiger partial charge < -0.3 is 20.4 Å². The van der Waals surface area contributed by atoms with Gasteiger partial charge in [0.2, 0.25) is 0 Å². The third kappa shape index (κ3) is 3.50. The first-order valence-electron chi connectivity index (χ1n) is 9.93. The Morgan fingerprint density at radius 1 is 1.21 bits per heavy atom. The Morgan fingerprint density at radius 3 is 2.93 bits per heavy atom. The molecule has 2 aromatic rings. The van der Waals surface area contributed by atoms with Crippen LogP contribution in [0.1, 0.15) is 24.4 Å². The summed E-state index contributed by atoms with van der Waals surface area (Å²) in [5.74, 6) is 0. The molecule has 0 radical (unpaired) electrons. The minimum absolute atomic E-state index is 0.411. The minimum atomic E-state index is 0.411. The van der Waals surface area contributed by atoms with Crippen LogP contribution in [0.5, 0.6) is 0 Å². The zero-order valence-corrected chi connectivity index (χ0v) is 16.5. The molecule has 2 saturated heterocycles. The summed E-state index contributed by atoms with van der Waals surface area (Å²) in [7, 11) is 0. The normalized spacial score (nSPS) is 22.8. The van der Waals surface area contributed by atoms with Crippen molar-refractivity contribution in [1.29, 1.82) is 5.41 Å². The highest BCUT2D eigenvalue weighted by Gasteiger charge is 2.30. The van der Waals surface area contributed by atoms with Crippen molar-refractivity contribution in [1.82, 2.24) is 14.7 Å². The largest absolute Gasteiger partial charge is 0.378 e. The lowest BCUT2D eigenvalue weighted by Crippen LogP contribution is -2.58. The number of aromatic nitrogens is 2. The molecule has 1 saturated carbocycles. The SMILES string of the molecule is N=Cc1cc(Cl)c(N2CCN3CCOC[C@@H]3C2)cc1Nc1cnn(C2CC2)c1. The molecule has 0 unspecified atom stereocenters. The van der Waals surface area contributed by atoms with Crippen LogP contribution in [0.15, 0.2) is 24.5 Å². The summed E-state index contributed by atoms with van der Waals surface area (Å²) in [6.45, 7) is 5.48. The summed E-state index contributed by atoms with van der Waals surface area (Å²) >= 11 is 6.61. The molecule has 2 aliphatic heterocycles. The number of morpholine rings is 1. The van der Waals surface area contributed by atoms with Crippen molar-refractivity contribution in [3.05, 3.63) is 35.1 Å². The van der Waals surface area contributed by atoms with Gasteiger partial charge in [-0.05, 0) is 25.0 Å². The number of benzene rings is 1. The highest BCUT2D eigenvalue weighted by molar-refractivity contribution is 6.33. The molecule has 3 fully saturated rings. The van der Waals surface area contributed by atoms with Crippen molar-refractivity contribution in [3.8, 4) is 0 Å². The van der Waals surface area contributed by atoms with Crippen LogP contribution >= 0.6 is 11.6 Å². The Bertz CT molecular complexity index is 880. The number of ether oxygens (including phenoxy) is 1. The Kier molecular flexibility index (Phi) is 4.74. The molecular formula is C20H25ClN6O. The molecule has 8 heteroatoms. The number of hydrogen-bond acceptors (Lipinski definition) is 6. The predicted molar refractivity (Wildman–Crippen MR) is 112 cm³/mol. The first-order chi connectivity index (χ1) is 13.7. The van der Waals surface area contributed by atoms with Gasteiger partial charge in [-0.15, -0.1) is 0 Å². The van der Waals surface area contributed by atoms with E-state index in [1.165, 1.54) is 19.1 Å². The van der Waals surface area contributed by atoms with E-state index in [1.54, 1.807) is 0 Å². The van der Waals surface area contributed by atoms with Crippen molar-refractivity contribution in [2.75, 3.05) is 49.6 Å². The molecule has 0 spiro atoms. The Labute approximate surface area is 169 Å². The van der Waals surface area contributed by atoms with Gasteiger partial charge in [0.05, 0.1) is 47.9 Å². The minimum Gasteiger partial charge on any atom is -0.378 e. The van der Waals surface area contributed by atoms with Crippen LogP contribution < -0.4 is 10.2 Å². The summed E-state index contributed by atoms with van der Waals surface area (Å²) in [6, 6.07) is 4.90. The second-order valence-electron chi connectivity index (χ2n) is 7.81. The summed E-state index contributed by atoms with van der Waals surface area (Å²) in [4.78, 5) is 4.84. The fourth-order valence-corrected chi connectivity index (χ4v) is 4.40. The highest BCUT2D eigenvalue weighted by atomic mass is 35.5. The highest BCUT2D eigenvalue weighted by Crippen LogP contribution is 2.37. The zero-order chi connectivity index (χ0) is 19.1. The van der Waals surface area contributed by atoms with E-state index in [1.807, 2.05) is 23.1 Å². The summed E-state index contributed by atoms with van der Waals surface area (Å²) < 4.78 is 7.69. The summed E-state index contributed by atoms with van der Waals surface area (Å²) in [5.41, 5.74) is 3.60. The topological polar surface area (TPSA) is 69.4 Å². The van der Waals surface area contributed by atoms with Crippen molar-refractivity contribution < 1.29 is 4.74 Å². The second kappa shape index (κ2) is 7.39. The molecule has 1 aromatic heterocycles. The standard InChI is InChI=1S/C20H25ClN6O/c21-18-7-14(9-22)19(24-15-10-23-27(11-15)16-1-2-16)8-20(18)26-4-3-25-5-6-28-13-17(25)12-26/h7-11,16-17,22,24H,1-6,12-13H2/t17-/m0/s1. The van der Waals surface area contributed by atoms with Crippen LogP contribution in [0.3, 0.4) is 0 Å². The van der Waals surface area contributed by atoms with E-state index in [4.69, 9.17) is 21.7 Å².